The lowest BCUT2D eigenvalue weighted by Gasteiger charge is -2.26. The van der Waals surface area contributed by atoms with Crippen molar-refractivity contribution in [3.8, 4) is 0 Å². The highest BCUT2D eigenvalue weighted by Gasteiger charge is 2.27. The number of halogens is 1. The van der Waals surface area contributed by atoms with Crippen LogP contribution < -0.4 is 5.32 Å². The Balaban J connectivity index is 1.59. The van der Waals surface area contributed by atoms with E-state index in [-0.39, 0.29) is 21.4 Å². The fourth-order valence-electron chi connectivity index (χ4n) is 3.49. The number of benzene rings is 1. The van der Waals surface area contributed by atoms with Crippen molar-refractivity contribution < 1.29 is 17.9 Å². The van der Waals surface area contributed by atoms with E-state index in [4.69, 9.17) is 16.3 Å². The number of sulfonamides is 1. The number of morpholine rings is 1. The summed E-state index contributed by atoms with van der Waals surface area (Å²) in [6.45, 7) is 1.91. The lowest BCUT2D eigenvalue weighted by molar-refractivity contribution is 0.0730. The molecule has 1 N–H and O–H groups in total. The minimum absolute atomic E-state index is 0.0838. The van der Waals surface area contributed by atoms with Gasteiger partial charge in [0.2, 0.25) is 10.0 Å². The third kappa shape index (κ3) is 5.63. The highest BCUT2D eigenvalue weighted by atomic mass is 35.5. The summed E-state index contributed by atoms with van der Waals surface area (Å²) in [5, 5.41) is 3.80. The maximum atomic E-state index is 12.8. The van der Waals surface area contributed by atoms with Gasteiger partial charge in [-0.2, -0.15) is 16.1 Å². The molecule has 156 valence electrons. The van der Waals surface area contributed by atoms with Crippen LogP contribution in [-0.2, 0) is 14.8 Å². The van der Waals surface area contributed by atoms with Gasteiger partial charge in [-0.3, -0.25) is 4.79 Å². The molecular formula is C19H27ClN2O4S2. The summed E-state index contributed by atoms with van der Waals surface area (Å²) in [5.41, 5.74) is 0.193. The van der Waals surface area contributed by atoms with Crippen molar-refractivity contribution in [3.63, 3.8) is 0 Å². The average molecular weight is 447 g/mol. The van der Waals surface area contributed by atoms with Crippen LogP contribution in [0.15, 0.2) is 23.1 Å². The predicted molar refractivity (Wildman–Crippen MR) is 113 cm³/mol. The van der Waals surface area contributed by atoms with Gasteiger partial charge in [-0.15, -0.1) is 0 Å². The Morgan fingerprint density at radius 2 is 1.93 bits per heavy atom. The number of hydrogen-bond acceptors (Lipinski definition) is 5. The van der Waals surface area contributed by atoms with Gasteiger partial charge < -0.3 is 10.1 Å². The van der Waals surface area contributed by atoms with E-state index in [0.717, 1.165) is 5.75 Å². The minimum atomic E-state index is -3.66. The number of hydrogen-bond donors (Lipinski definition) is 1. The molecule has 1 aromatic carbocycles. The fraction of sp³-hybridized carbons (Fsp3) is 0.632. The highest BCUT2D eigenvalue weighted by molar-refractivity contribution is 7.99. The van der Waals surface area contributed by atoms with Crippen LogP contribution in [0.25, 0.3) is 0 Å². The molecule has 1 amide bonds. The number of rotatable bonds is 7. The molecule has 1 aliphatic heterocycles. The van der Waals surface area contributed by atoms with Gasteiger partial charge in [-0.05, 0) is 31.0 Å². The zero-order valence-electron chi connectivity index (χ0n) is 15.9. The number of thioether (sulfide) groups is 1. The normalized spacial score (nSPS) is 19.5. The Hall–Kier alpha value is -0.800. The van der Waals surface area contributed by atoms with Gasteiger partial charge >= 0.3 is 0 Å². The van der Waals surface area contributed by atoms with E-state index in [2.05, 4.69) is 5.32 Å². The number of amides is 1. The van der Waals surface area contributed by atoms with Gasteiger partial charge in [0.05, 0.1) is 28.7 Å². The molecule has 0 spiro atoms. The molecule has 1 aliphatic carbocycles. The molecule has 0 radical (unpaired) electrons. The summed E-state index contributed by atoms with van der Waals surface area (Å²) >= 11 is 8.07. The van der Waals surface area contributed by atoms with Crippen LogP contribution in [0, 0.1) is 0 Å². The van der Waals surface area contributed by atoms with Crippen LogP contribution in [0.1, 0.15) is 42.5 Å². The second-order valence-corrected chi connectivity index (χ2v) is 10.8. The lowest BCUT2D eigenvalue weighted by atomic mass is 10.0. The van der Waals surface area contributed by atoms with Crippen molar-refractivity contribution in [2.75, 3.05) is 38.6 Å². The first-order valence-electron chi connectivity index (χ1n) is 9.76. The molecule has 6 nitrogen and oxygen atoms in total. The molecule has 0 atom stereocenters. The number of carbonyl (C=O) groups is 1. The molecule has 9 heteroatoms. The second-order valence-electron chi connectivity index (χ2n) is 7.04. The molecule has 1 saturated carbocycles. The third-order valence-electron chi connectivity index (χ3n) is 5.08. The van der Waals surface area contributed by atoms with Crippen molar-refractivity contribution in [1.82, 2.24) is 9.62 Å². The molecule has 1 saturated heterocycles. The predicted octanol–water partition coefficient (Wildman–Crippen LogP) is 3.16. The van der Waals surface area contributed by atoms with Crippen LogP contribution in [-0.4, -0.2) is 62.5 Å². The van der Waals surface area contributed by atoms with Gasteiger partial charge in [0.1, 0.15) is 0 Å². The van der Waals surface area contributed by atoms with E-state index >= 15 is 0 Å². The maximum Gasteiger partial charge on any atom is 0.252 e. The Morgan fingerprint density at radius 3 is 2.64 bits per heavy atom. The van der Waals surface area contributed by atoms with E-state index < -0.39 is 10.0 Å². The summed E-state index contributed by atoms with van der Waals surface area (Å²) in [7, 11) is -3.66. The van der Waals surface area contributed by atoms with E-state index in [1.54, 1.807) is 0 Å². The van der Waals surface area contributed by atoms with Crippen LogP contribution >= 0.6 is 23.4 Å². The van der Waals surface area contributed by atoms with Crippen LogP contribution in [0.4, 0.5) is 0 Å². The maximum absolute atomic E-state index is 12.8. The molecule has 0 bridgehead atoms. The first-order valence-corrected chi connectivity index (χ1v) is 12.6. The zero-order valence-corrected chi connectivity index (χ0v) is 18.3. The van der Waals surface area contributed by atoms with Crippen molar-refractivity contribution in [3.05, 3.63) is 28.8 Å². The van der Waals surface area contributed by atoms with Crippen LogP contribution in [0.2, 0.25) is 5.02 Å². The highest BCUT2D eigenvalue weighted by Crippen LogP contribution is 2.28. The van der Waals surface area contributed by atoms with E-state index in [1.807, 2.05) is 11.8 Å². The van der Waals surface area contributed by atoms with Crippen LogP contribution in [0.3, 0.4) is 0 Å². The summed E-state index contributed by atoms with van der Waals surface area (Å²) in [6.07, 6.45) is 6.43. The van der Waals surface area contributed by atoms with E-state index in [0.29, 0.717) is 38.1 Å². The topological polar surface area (TPSA) is 75.7 Å². The molecule has 1 aromatic rings. The number of nitrogens with one attached hydrogen (secondary N) is 1. The van der Waals surface area contributed by atoms with Gasteiger partial charge in [0.25, 0.3) is 5.91 Å². The number of nitrogens with zero attached hydrogens (tertiary/aromatic N) is 1. The van der Waals surface area contributed by atoms with Gasteiger partial charge in [0.15, 0.2) is 0 Å². The summed E-state index contributed by atoms with van der Waals surface area (Å²) in [6, 6.07) is 4.29. The average Bonchev–Trinajstić information content (AvgIpc) is 2.72. The Kier molecular flexibility index (Phi) is 8.05. The number of carbonyl (C=O) groups excluding carboxylic acids is 1. The molecule has 28 heavy (non-hydrogen) atoms. The van der Waals surface area contributed by atoms with Crippen LogP contribution in [0.5, 0.6) is 0 Å². The van der Waals surface area contributed by atoms with Gasteiger partial charge in [0, 0.05) is 30.6 Å². The van der Waals surface area contributed by atoms with Crippen molar-refractivity contribution in [1.29, 1.82) is 0 Å². The fourth-order valence-corrected chi connectivity index (χ4v) is 6.35. The largest absolute Gasteiger partial charge is 0.379 e. The van der Waals surface area contributed by atoms with Gasteiger partial charge in [-0.1, -0.05) is 30.9 Å². The minimum Gasteiger partial charge on any atom is -0.379 e. The standard InChI is InChI=1S/C19H27ClN2O4S2/c20-18-7-6-16(28(24,25)22-9-11-26-12-10-22)14-17(18)19(23)21-8-13-27-15-4-2-1-3-5-15/h6-7,14-15H,1-5,8-13H2,(H,21,23). The molecule has 1 heterocycles. The van der Waals surface area contributed by atoms with Crippen molar-refractivity contribution in [2.45, 2.75) is 42.2 Å². The van der Waals surface area contributed by atoms with E-state index in [9.17, 15) is 13.2 Å². The second kappa shape index (κ2) is 10.3. The number of ether oxygens (including phenoxy) is 1. The Bertz CT molecular complexity index is 776. The summed E-state index contributed by atoms with van der Waals surface area (Å²) in [5.74, 6) is 0.507. The summed E-state index contributed by atoms with van der Waals surface area (Å²) in [4.78, 5) is 12.6. The first-order chi connectivity index (χ1) is 13.5. The smallest absolute Gasteiger partial charge is 0.252 e. The molecule has 2 fully saturated rings. The third-order valence-corrected chi connectivity index (χ3v) is 8.69. The first kappa shape index (κ1) is 21.9. The van der Waals surface area contributed by atoms with Crippen molar-refractivity contribution in [2.24, 2.45) is 0 Å². The molecule has 2 aliphatic rings. The molecule has 3 rings (SSSR count). The molecule has 0 unspecified atom stereocenters. The quantitative estimate of drug-likeness (QED) is 0.651. The van der Waals surface area contributed by atoms with E-state index in [1.165, 1.54) is 54.6 Å². The SMILES string of the molecule is O=C(NCCSC1CCCCC1)c1cc(S(=O)(=O)N2CCOCC2)ccc1Cl. The zero-order chi connectivity index (χ0) is 20.0. The summed E-state index contributed by atoms with van der Waals surface area (Å²) < 4.78 is 32.2. The van der Waals surface area contributed by atoms with Crippen molar-refractivity contribution >= 4 is 39.3 Å². The monoisotopic (exact) mass is 446 g/mol. The lowest BCUT2D eigenvalue weighted by Crippen LogP contribution is -2.40. The molecule has 0 aromatic heterocycles. The van der Waals surface area contributed by atoms with Gasteiger partial charge in [-0.25, -0.2) is 8.42 Å². The Morgan fingerprint density at radius 1 is 1.21 bits per heavy atom. The molecular weight excluding hydrogens is 420 g/mol. The Labute approximate surface area is 176 Å².